The number of carbonyl (C=O) groups excluding carboxylic acids is 1. The van der Waals surface area contributed by atoms with Crippen LogP contribution in [-0.4, -0.2) is 18.2 Å². The molecule has 4 heteroatoms. The Morgan fingerprint density at radius 2 is 1.95 bits per heavy atom. The molecular formula is C15H14O3S. The van der Waals surface area contributed by atoms with Crippen LogP contribution >= 0.6 is 11.8 Å². The molecule has 0 spiro atoms. The number of esters is 1. The van der Waals surface area contributed by atoms with Crippen molar-refractivity contribution in [1.29, 1.82) is 0 Å². The van der Waals surface area contributed by atoms with E-state index in [0.29, 0.717) is 5.56 Å². The molecule has 19 heavy (non-hydrogen) atoms. The zero-order valence-corrected chi connectivity index (χ0v) is 11.3. The molecule has 0 aliphatic rings. The normalized spacial score (nSPS) is 10.2. The standard InChI is InChI=1S/C15H14O3S/c1-18-15(17)12-7-8-14(13(16)9-12)19-10-11-5-3-2-4-6-11/h2-9,16H,10H2,1H3. The topological polar surface area (TPSA) is 46.5 Å². The molecule has 0 atom stereocenters. The van der Waals surface area contributed by atoms with E-state index in [1.807, 2.05) is 30.3 Å². The first-order valence-corrected chi connectivity index (χ1v) is 6.77. The number of hydrogen-bond acceptors (Lipinski definition) is 4. The number of ether oxygens (including phenoxy) is 1. The van der Waals surface area contributed by atoms with Crippen molar-refractivity contribution in [2.24, 2.45) is 0 Å². The van der Waals surface area contributed by atoms with Gasteiger partial charge in [0.25, 0.3) is 0 Å². The van der Waals surface area contributed by atoms with Crippen LogP contribution in [0.4, 0.5) is 0 Å². The van der Waals surface area contributed by atoms with Crippen LogP contribution in [0.25, 0.3) is 0 Å². The lowest BCUT2D eigenvalue weighted by Crippen LogP contribution is -2.00. The van der Waals surface area contributed by atoms with Crippen LogP contribution in [0.15, 0.2) is 53.4 Å². The van der Waals surface area contributed by atoms with Gasteiger partial charge in [-0.25, -0.2) is 4.79 Å². The summed E-state index contributed by atoms with van der Waals surface area (Å²) in [7, 11) is 1.32. The lowest BCUT2D eigenvalue weighted by Gasteiger charge is -2.06. The molecule has 0 unspecified atom stereocenters. The van der Waals surface area contributed by atoms with Gasteiger partial charge in [0.1, 0.15) is 5.75 Å². The molecule has 98 valence electrons. The van der Waals surface area contributed by atoms with Gasteiger partial charge in [-0.1, -0.05) is 30.3 Å². The van der Waals surface area contributed by atoms with Gasteiger partial charge in [0.05, 0.1) is 12.7 Å². The quantitative estimate of drug-likeness (QED) is 0.685. The Labute approximate surface area is 116 Å². The Kier molecular flexibility index (Phi) is 4.47. The van der Waals surface area contributed by atoms with Gasteiger partial charge in [-0.2, -0.15) is 0 Å². The van der Waals surface area contributed by atoms with Crippen molar-refractivity contribution in [1.82, 2.24) is 0 Å². The Balaban J connectivity index is 2.07. The number of methoxy groups -OCH3 is 1. The second kappa shape index (κ2) is 6.29. The predicted octanol–water partition coefficient (Wildman–Crippen LogP) is 3.47. The van der Waals surface area contributed by atoms with Crippen molar-refractivity contribution in [3.8, 4) is 5.75 Å². The molecule has 0 aliphatic carbocycles. The highest BCUT2D eigenvalue weighted by atomic mass is 32.2. The molecule has 0 fully saturated rings. The largest absolute Gasteiger partial charge is 0.507 e. The zero-order valence-electron chi connectivity index (χ0n) is 10.5. The van der Waals surface area contributed by atoms with E-state index in [-0.39, 0.29) is 5.75 Å². The van der Waals surface area contributed by atoms with Crippen LogP contribution in [0.5, 0.6) is 5.75 Å². The molecule has 0 radical (unpaired) electrons. The van der Waals surface area contributed by atoms with E-state index in [1.54, 1.807) is 12.1 Å². The number of aromatic hydroxyl groups is 1. The monoisotopic (exact) mass is 274 g/mol. The third-order valence-electron chi connectivity index (χ3n) is 2.62. The molecule has 0 bridgehead atoms. The van der Waals surface area contributed by atoms with E-state index in [2.05, 4.69) is 4.74 Å². The molecule has 0 amide bonds. The Hall–Kier alpha value is -1.94. The fourth-order valence-electron chi connectivity index (χ4n) is 1.62. The van der Waals surface area contributed by atoms with E-state index in [1.165, 1.54) is 30.5 Å². The second-order valence-corrected chi connectivity index (χ2v) is 4.97. The minimum atomic E-state index is -0.449. The summed E-state index contributed by atoms with van der Waals surface area (Å²) >= 11 is 1.53. The van der Waals surface area contributed by atoms with Crippen molar-refractivity contribution >= 4 is 17.7 Å². The minimum Gasteiger partial charge on any atom is -0.507 e. The highest BCUT2D eigenvalue weighted by molar-refractivity contribution is 7.98. The predicted molar refractivity (Wildman–Crippen MR) is 75.4 cm³/mol. The number of benzene rings is 2. The lowest BCUT2D eigenvalue weighted by molar-refractivity contribution is 0.0600. The number of thioether (sulfide) groups is 1. The maximum atomic E-state index is 11.3. The maximum absolute atomic E-state index is 11.3. The van der Waals surface area contributed by atoms with Gasteiger partial charge >= 0.3 is 5.97 Å². The minimum absolute atomic E-state index is 0.101. The molecule has 2 aromatic rings. The number of phenols is 1. The molecule has 1 N–H and O–H groups in total. The van der Waals surface area contributed by atoms with Crippen molar-refractivity contribution in [2.75, 3.05) is 7.11 Å². The van der Waals surface area contributed by atoms with Crippen molar-refractivity contribution in [2.45, 2.75) is 10.6 Å². The highest BCUT2D eigenvalue weighted by Gasteiger charge is 2.09. The van der Waals surface area contributed by atoms with Gasteiger partial charge in [0.2, 0.25) is 0 Å². The Bertz CT molecular complexity index is 567. The Morgan fingerprint density at radius 1 is 1.21 bits per heavy atom. The summed E-state index contributed by atoms with van der Waals surface area (Å²) in [4.78, 5) is 12.1. The molecule has 3 nitrogen and oxygen atoms in total. The van der Waals surface area contributed by atoms with E-state index in [9.17, 15) is 9.90 Å². The molecule has 0 heterocycles. The molecule has 0 saturated heterocycles. The zero-order chi connectivity index (χ0) is 13.7. The number of hydrogen-bond donors (Lipinski definition) is 1. The first kappa shape index (κ1) is 13.5. The second-order valence-electron chi connectivity index (χ2n) is 3.95. The summed E-state index contributed by atoms with van der Waals surface area (Å²) in [5.41, 5.74) is 1.54. The van der Waals surface area contributed by atoms with Gasteiger partial charge in [-0.3, -0.25) is 0 Å². The van der Waals surface area contributed by atoms with Crippen LogP contribution in [0.2, 0.25) is 0 Å². The molecule has 0 aliphatic heterocycles. The van der Waals surface area contributed by atoms with Gasteiger partial charge in [-0.05, 0) is 23.8 Å². The van der Waals surface area contributed by atoms with E-state index >= 15 is 0 Å². The third kappa shape index (κ3) is 3.51. The molecule has 0 saturated carbocycles. The Morgan fingerprint density at radius 3 is 2.58 bits per heavy atom. The number of rotatable bonds is 4. The van der Waals surface area contributed by atoms with Crippen LogP contribution in [0, 0.1) is 0 Å². The fourth-order valence-corrected chi connectivity index (χ4v) is 2.51. The lowest BCUT2D eigenvalue weighted by atomic mass is 10.2. The van der Waals surface area contributed by atoms with Gasteiger partial charge in [0.15, 0.2) is 0 Å². The van der Waals surface area contributed by atoms with Gasteiger partial charge in [0, 0.05) is 10.6 Å². The first-order chi connectivity index (χ1) is 9.20. The summed E-state index contributed by atoms with van der Waals surface area (Å²) in [6.07, 6.45) is 0. The average Bonchev–Trinajstić information content (AvgIpc) is 2.46. The molecule has 2 rings (SSSR count). The summed E-state index contributed by atoms with van der Waals surface area (Å²) in [5, 5.41) is 9.89. The van der Waals surface area contributed by atoms with E-state index in [4.69, 9.17) is 0 Å². The fraction of sp³-hybridized carbons (Fsp3) is 0.133. The maximum Gasteiger partial charge on any atom is 0.337 e. The number of phenolic OH excluding ortho intramolecular Hbond substituents is 1. The third-order valence-corrected chi connectivity index (χ3v) is 3.75. The molecule has 0 aromatic heterocycles. The summed E-state index contributed by atoms with van der Waals surface area (Å²) in [5.74, 6) is 0.421. The van der Waals surface area contributed by atoms with Crippen LogP contribution in [0.1, 0.15) is 15.9 Å². The van der Waals surface area contributed by atoms with Crippen LogP contribution in [0.3, 0.4) is 0 Å². The molecule has 2 aromatic carbocycles. The molecular weight excluding hydrogens is 260 g/mol. The SMILES string of the molecule is COC(=O)c1ccc(SCc2ccccc2)c(O)c1. The van der Waals surface area contributed by atoms with E-state index in [0.717, 1.165) is 10.6 Å². The summed E-state index contributed by atoms with van der Waals surface area (Å²) < 4.78 is 4.60. The van der Waals surface area contributed by atoms with Crippen LogP contribution < -0.4 is 0 Å². The summed E-state index contributed by atoms with van der Waals surface area (Å²) in [6, 6.07) is 14.8. The van der Waals surface area contributed by atoms with Crippen LogP contribution in [-0.2, 0) is 10.5 Å². The van der Waals surface area contributed by atoms with E-state index < -0.39 is 5.97 Å². The van der Waals surface area contributed by atoms with Gasteiger partial charge in [-0.15, -0.1) is 11.8 Å². The average molecular weight is 274 g/mol. The van der Waals surface area contributed by atoms with Crippen molar-refractivity contribution in [3.05, 3.63) is 59.7 Å². The van der Waals surface area contributed by atoms with Crippen molar-refractivity contribution < 1.29 is 14.6 Å². The number of carbonyl (C=O) groups is 1. The first-order valence-electron chi connectivity index (χ1n) is 5.79. The van der Waals surface area contributed by atoms with Gasteiger partial charge < -0.3 is 9.84 Å². The highest BCUT2D eigenvalue weighted by Crippen LogP contribution is 2.31. The smallest absolute Gasteiger partial charge is 0.337 e. The summed E-state index contributed by atoms with van der Waals surface area (Å²) in [6.45, 7) is 0. The van der Waals surface area contributed by atoms with Crippen molar-refractivity contribution in [3.63, 3.8) is 0 Å².